The molecule has 5 nitrogen and oxygen atoms in total. The number of ether oxygens (including phenoxy) is 2. The molecule has 0 aliphatic rings. The van der Waals surface area contributed by atoms with Crippen molar-refractivity contribution in [3.8, 4) is 11.5 Å². The van der Waals surface area contributed by atoms with E-state index in [1.807, 2.05) is 0 Å². The van der Waals surface area contributed by atoms with Crippen molar-refractivity contribution in [3.63, 3.8) is 0 Å². The largest absolute Gasteiger partial charge is 0.493 e. The average molecular weight is 337 g/mol. The zero-order valence-electron chi connectivity index (χ0n) is 11.0. The number of amides is 1. The van der Waals surface area contributed by atoms with Gasteiger partial charge in [-0.2, -0.15) is 0 Å². The molecule has 2 rings (SSSR count). The van der Waals surface area contributed by atoms with Gasteiger partial charge < -0.3 is 14.8 Å². The maximum Gasteiger partial charge on any atom is 0.255 e. The smallest absolute Gasteiger partial charge is 0.255 e. The van der Waals surface area contributed by atoms with E-state index in [2.05, 4.69) is 26.2 Å². The number of nitrogens with one attached hydrogen (secondary N) is 1. The SMILES string of the molecule is COc1ccc(NC(=O)c2ccnc(Br)c2)cc1OC. The van der Waals surface area contributed by atoms with Crippen molar-refractivity contribution in [2.24, 2.45) is 0 Å². The second kappa shape index (κ2) is 6.38. The molecule has 1 aromatic heterocycles. The molecule has 0 atom stereocenters. The highest BCUT2D eigenvalue weighted by Gasteiger charge is 2.09. The van der Waals surface area contributed by atoms with Gasteiger partial charge >= 0.3 is 0 Å². The van der Waals surface area contributed by atoms with Crippen LogP contribution in [-0.2, 0) is 0 Å². The van der Waals surface area contributed by atoms with Crippen LogP contribution < -0.4 is 14.8 Å². The van der Waals surface area contributed by atoms with Gasteiger partial charge in [0.2, 0.25) is 0 Å². The second-order valence-electron chi connectivity index (χ2n) is 3.89. The summed E-state index contributed by atoms with van der Waals surface area (Å²) in [4.78, 5) is 16.1. The summed E-state index contributed by atoms with van der Waals surface area (Å²) in [6, 6.07) is 8.47. The standard InChI is InChI=1S/C14H13BrN2O3/c1-19-11-4-3-10(8-12(11)20-2)17-14(18)9-5-6-16-13(15)7-9/h3-8H,1-2H3,(H,17,18). The molecule has 1 aromatic carbocycles. The molecule has 0 radical (unpaired) electrons. The quantitative estimate of drug-likeness (QED) is 0.871. The Hall–Kier alpha value is -2.08. The monoisotopic (exact) mass is 336 g/mol. The van der Waals surface area contributed by atoms with E-state index in [1.165, 1.54) is 0 Å². The van der Waals surface area contributed by atoms with Gasteiger partial charge in [-0.25, -0.2) is 4.98 Å². The van der Waals surface area contributed by atoms with Gasteiger partial charge in [0.15, 0.2) is 11.5 Å². The molecule has 0 fully saturated rings. The van der Waals surface area contributed by atoms with Crippen LogP contribution in [0, 0.1) is 0 Å². The molecule has 1 N–H and O–H groups in total. The normalized spacial score (nSPS) is 9.95. The highest BCUT2D eigenvalue weighted by atomic mass is 79.9. The molecular weight excluding hydrogens is 324 g/mol. The molecule has 104 valence electrons. The van der Waals surface area contributed by atoms with Crippen LogP contribution >= 0.6 is 15.9 Å². The van der Waals surface area contributed by atoms with Crippen molar-refractivity contribution in [3.05, 3.63) is 46.7 Å². The predicted octanol–water partition coefficient (Wildman–Crippen LogP) is 3.11. The maximum absolute atomic E-state index is 12.1. The Morgan fingerprint density at radius 1 is 1.15 bits per heavy atom. The Morgan fingerprint density at radius 3 is 2.55 bits per heavy atom. The first-order valence-corrected chi connectivity index (χ1v) is 6.58. The first-order chi connectivity index (χ1) is 9.63. The number of aromatic nitrogens is 1. The third kappa shape index (κ3) is 3.27. The van der Waals surface area contributed by atoms with E-state index in [0.717, 1.165) is 0 Å². The zero-order chi connectivity index (χ0) is 14.5. The predicted molar refractivity (Wildman–Crippen MR) is 79.4 cm³/mol. The third-order valence-electron chi connectivity index (χ3n) is 2.63. The number of carbonyl (C=O) groups excluding carboxylic acids is 1. The van der Waals surface area contributed by atoms with Crippen LogP contribution in [-0.4, -0.2) is 25.1 Å². The number of halogens is 1. The number of hydrogen-bond acceptors (Lipinski definition) is 4. The summed E-state index contributed by atoms with van der Waals surface area (Å²) in [5.41, 5.74) is 1.14. The van der Waals surface area contributed by atoms with Crippen LogP contribution in [0.3, 0.4) is 0 Å². The van der Waals surface area contributed by atoms with Crippen LogP contribution in [0.15, 0.2) is 41.1 Å². The van der Waals surface area contributed by atoms with Crippen LogP contribution in [0.2, 0.25) is 0 Å². The molecule has 0 bridgehead atoms. The molecule has 0 saturated carbocycles. The molecule has 0 aliphatic heterocycles. The van der Waals surface area contributed by atoms with Gasteiger partial charge in [-0.1, -0.05) is 0 Å². The van der Waals surface area contributed by atoms with Crippen LogP contribution in [0.1, 0.15) is 10.4 Å². The van der Waals surface area contributed by atoms with E-state index in [1.54, 1.807) is 50.7 Å². The van der Waals surface area contributed by atoms with E-state index in [9.17, 15) is 4.79 Å². The summed E-state index contributed by atoms with van der Waals surface area (Å²) in [5, 5.41) is 2.79. The van der Waals surface area contributed by atoms with Crippen LogP contribution in [0.25, 0.3) is 0 Å². The van der Waals surface area contributed by atoms with Gasteiger partial charge in [0.1, 0.15) is 4.60 Å². The molecular formula is C14H13BrN2O3. The zero-order valence-corrected chi connectivity index (χ0v) is 12.6. The summed E-state index contributed by atoms with van der Waals surface area (Å²) < 4.78 is 10.9. The van der Waals surface area contributed by atoms with Crippen molar-refractivity contribution in [1.29, 1.82) is 0 Å². The highest BCUT2D eigenvalue weighted by Crippen LogP contribution is 2.29. The molecule has 6 heteroatoms. The first kappa shape index (κ1) is 14.3. The number of rotatable bonds is 4. The lowest BCUT2D eigenvalue weighted by Gasteiger charge is -2.10. The minimum Gasteiger partial charge on any atom is -0.493 e. The van der Waals surface area contributed by atoms with Crippen LogP contribution in [0.4, 0.5) is 5.69 Å². The molecule has 2 aromatic rings. The molecule has 20 heavy (non-hydrogen) atoms. The molecule has 0 saturated heterocycles. The van der Waals surface area contributed by atoms with E-state index in [-0.39, 0.29) is 5.91 Å². The second-order valence-corrected chi connectivity index (χ2v) is 4.70. The van der Waals surface area contributed by atoms with Crippen molar-refractivity contribution in [2.75, 3.05) is 19.5 Å². The first-order valence-electron chi connectivity index (χ1n) is 5.79. The summed E-state index contributed by atoms with van der Waals surface area (Å²) in [6.45, 7) is 0. The fourth-order valence-corrected chi connectivity index (χ4v) is 2.03. The van der Waals surface area contributed by atoms with Gasteiger partial charge in [-0.15, -0.1) is 0 Å². The van der Waals surface area contributed by atoms with Crippen molar-refractivity contribution >= 4 is 27.5 Å². The summed E-state index contributed by atoms with van der Waals surface area (Å²) in [6.07, 6.45) is 1.56. The van der Waals surface area contributed by atoms with Gasteiger partial charge in [0, 0.05) is 23.5 Å². The lowest BCUT2D eigenvalue weighted by atomic mass is 10.2. The van der Waals surface area contributed by atoms with E-state index >= 15 is 0 Å². The van der Waals surface area contributed by atoms with Crippen molar-refractivity contribution < 1.29 is 14.3 Å². The number of methoxy groups -OCH3 is 2. The summed E-state index contributed by atoms with van der Waals surface area (Å²) in [7, 11) is 3.11. The van der Waals surface area contributed by atoms with Crippen molar-refractivity contribution in [2.45, 2.75) is 0 Å². The molecule has 0 unspecified atom stereocenters. The molecule has 0 spiro atoms. The van der Waals surface area contributed by atoms with Crippen molar-refractivity contribution in [1.82, 2.24) is 4.98 Å². The lowest BCUT2D eigenvalue weighted by molar-refractivity contribution is 0.102. The fraction of sp³-hybridized carbons (Fsp3) is 0.143. The Labute approximate surface area is 125 Å². The van der Waals surface area contributed by atoms with Gasteiger partial charge in [-0.3, -0.25) is 4.79 Å². The highest BCUT2D eigenvalue weighted by molar-refractivity contribution is 9.10. The topological polar surface area (TPSA) is 60.5 Å². The van der Waals surface area contributed by atoms with E-state index in [4.69, 9.17) is 9.47 Å². The minimum absolute atomic E-state index is 0.222. The van der Waals surface area contributed by atoms with Gasteiger partial charge in [-0.05, 0) is 40.2 Å². The van der Waals surface area contributed by atoms with Gasteiger partial charge in [0.25, 0.3) is 5.91 Å². The number of nitrogens with zero attached hydrogens (tertiary/aromatic N) is 1. The van der Waals surface area contributed by atoms with E-state index in [0.29, 0.717) is 27.4 Å². The number of pyridine rings is 1. The Balaban J connectivity index is 2.19. The minimum atomic E-state index is -0.222. The summed E-state index contributed by atoms with van der Waals surface area (Å²) >= 11 is 3.23. The molecule has 0 aliphatic carbocycles. The lowest BCUT2D eigenvalue weighted by Crippen LogP contribution is -2.12. The molecule has 1 heterocycles. The number of anilines is 1. The maximum atomic E-state index is 12.1. The van der Waals surface area contributed by atoms with Crippen LogP contribution in [0.5, 0.6) is 11.5 Å². The van der Waals surface area contributed by atoms with E-state index < -0.39 is 0 Å². The number of carbonyl (C=O) groups is 1. The Morgan fingerprint density at radius 2 is 1.90 bits per heavy atom. The third-order valence-corrected chi connectivity index (χ3v) is 3.06. The van der Waals surface area contributed by atoms with Gasteiger partial charge in [0.05, 0.1) is 14.2 Å². The summed E-state index contributed by atoms with van der Waals surface area (Å²) in [5.74, 6) is 0.943. The molecule has 1 amide bonds. The number of benzene rings is 1. The fourth-order valence-electron chi connectivity index (χ4n) is 1.66. The Kier molecular flexibility index (Phi) is 4.57. The number of hydrogen-bond donors (Lipinski definition) is 1. The average Bonchev–Trinajstić information content (AvgIpc) is 2.47. The Bertz CT molecular complexity index is 632.